The standard InChI is InChI=1S/C10H11N/c1-3-8-11-10-6-4-9(2)5-7-10/h4-8,11H,1H2,2H3. The maximum absolute atomic E-state index is 3.45. The summed E-state index contributed by atoms with van der Waals surface area (Å²) in [6.45, 7) is 5.51. The maximum atomic E-state index is 3.45. The third-order valence-corrected chi connectivity index (χ3v) is 1.39. The fourth-order valence-electron chi connectivity index (χ4n) is 0.784. The van der Waals surface area contributed by atoms with Crippen molar-refractivity contribution in [3.05, 3.63) is 48.3 Å². The van der Waals surface area contributed by atoms with E-state index in [-0.39, 0.29) is 0 Å². The van der Waals surface area contributed by atoms with Crippen molar-refractivity contribution in [1.29, 1.82) is 0 Å². The second-order valence-corrected chi connectivity index (χ2v) is 2.36. The Kier molecular flexibility index (Phi) is 2.53. The topological polar surface area (TPSA) is 12.0 Å². The fraction of sp³-hybridized carbons (Fsp3) is 0.100. The molecule has 1 nitrogen and oxygen atoms in total. The van der Waals surface area contributed by atoms with Crippen LogP contribution in [0.5, 0.6) is 0 Å². The highest BCUT2D eigenvalue weighted by Gasteiger charge is 1.85. The van der Waals surface area contributed by atoms with Gasteiger partial charge in [-0.15, -0.1) is 5.73 Å². The summed E-state index contributed by atoms with van der Waals surface area (Å²) < 4.78 is 0. The number of rotatable bonds is 2. The number of anilines is 1. The summed E-state index contributed by atoms with van der Waals surface area (Å²) in [6.07, 6.45) is 1.69. The van der Waals surface area contributed by atoms with Crippen LogP contribution in [-0.2, 0) is 0 Å². The monoisotopic (exact) mass is 145 g/mol. The lowest BCUT2D eigenvalue weighted by atomic mass is 10.2. The van der Waals surface area contributed by atoms with E-state index in [0.717, 1.165) is 5.69 Å². The quantitative estimate of drug-likeness (QED) is 0.631. The molecule has 0 radical (unpaired) electrons. The van der Waals surface area contributed by atoms with Gasteiger partial charge in [0.25, 0.3) is 0 Å². The van der Waals surface area contributed by atoms with Crippen molar-refractivity contribution in [2.45, 2.75) is 6.92 Å². The van der Waals surface area contributed by atoms with E-state index in [1.807, 2.05) is 12.1 Å². The fourth-order valence-corrected chi connectivity index (χ4v) is 0.784. The zero-order valence-electron chi connectivity index (χ0n) is 6.59. The molecule has 56 valence electrons. The molecule has 0 spiro atoms. The van der Waals surface area contributed by atoms with Crippen molar-refractivity contribution >= 4 is 5.69 Å². The molecular weight excluding hydrogens is 134 g/mol. The Morgan fingerprint density at radius 1 is 1.36 bits per heavy atom. The number of aryl methyl sites for hydroxylation is 1. The summed E-state index contributed by atoms with van der Waals surface area (Å²) in [4.78, 5) is 0. The highest BCUT2D eigenvalue weighted by Crippen LogP contribution is 2.07. The first-order valence-electron chi connectivity index (χ1n) is 3.50. The van der Waals surface area contributed by atoms with Crippen LogP contribution in [0, 0.1) is 6.92 Å². The number of hydrogen-bond donors (Lipinski definition) is 1. The van der Waals surface area contributed by atoms with Crippen molar-refractivity contribution in [3.8, 4) is 0 Å². The van der Waals surface area contributed by atoms with Gasteiger partial charge in [0.1, 0.15) is 0 Å². The van der Waals surface area contributed by atoms with Crippen molar-refractivity contribution < 1.29 is 0 Å². The average Bonchev–Trinajstić information content (AvgIpc) is 2.04. The van der Waals surface area contributed by atoms with Crippen LogP contribution in [0.4, 0.5) is 5.69 Å². The predicted octanol–water partition coefficient (Wildman–Crippen LogP) is 2.71. The van der Waals surface area contributed by atoms with Crippen LogP contribution < -0.4 is 5.32 Å². The Bertz CT molecular complexity index is 265. The Hall–Kier alpha value is -1.46. The smallest absolute Gasteiger partial charge is 0.0435 e. The molecular formula is C10H11N. The summed E-state index contributed by atoms with van der Waals surface area (Å²) in [5, 5.41) is 3.02. The van der Waals surface area contributed by atoms with Crippen LogP contribution in [-0.4, -0.2) is 0 Å². The van der Waals surface area contributed by atoms with E-state index in [0.29, 0.717) is 0 Å². The van der Waals surface area contributed by atoms with Gasteiger partial charge < -0.3 is 5.32 Å². The minimum atomic E-state index is 1.06. The molecule has 0 amide bonds. The molecule has 1 heteroatoms. The van der Waals surface area contributed by atoms with Gasteiger partial charge in [0.15, 0.2) is 0 Å². The molecule has 1 aromatic carbocycles. The zero-order chi connectivity index (χ0) is 8.10. The van der Waals surface area contributed by atoms with E-state index < -0.39 is 0 Å². The van der Waals surface area contributed by atoms with E-state index in [1.165, 1.54) is 5.56 Å². The molecule has 1 N–H and O–H groups in total. The largest absolute Gasteiger partial charge is 0.355 e. The van der Waals surface area contributed by atoms with Crippen molar-refractivity contribution in [2.75, 3.05) is 5.32 Å². The molecule has 0 saturated carbocycles. The van der Waals surface area contributed by atoms with Gasteiger partial charge in [0.2, 0.25) is 0 Å². The minimum Gasteiger partial charge on any atom is -0.355 e. The van der Waals surface area contributed by atoms with Gasteiger partial charge >= 0.3 is 0 Å². The number of benzene rings is 1. The molecule has 0 unspecified atom stereocenters. The molecule has 0 bridgehead atoms. The van der Waals surface area contributed by atoms with Crippen LogP contribution in [0.15, 0.2) is 42.8 Å². The highest BCUT2D eigenvalue weighted by molar-refractivity contribution is 5.46. The Balaban J connectivity index is 2.73. The van der Waals surface area contributed by atoms with Gasteiger partial charge in [-0.05, 0) is 19.1 Å². The summed E-state index contributed by atoms with van der Waals surface area (Å²) >= 11 is 0. The molecule has 0 aliphatic rings. The summed E-state index contributed by atoms with van der Waals surface area (Å²) in [5.74, 6) is 0. The molecule has 0 fully saturated rings. The van der Waals surface area contributed by atoms with E-state index in [4.69, 9.17) is 0 Å². The maximum Gasteiger partial charge on any atom is 0.0435 e. The molecule has 0 heterocycles. The Morgan fingerprint density at radius 2 is 2.00 bits per heavy atom. The molecule has 1 rings (SSSR count). The normalized spacial score (nSPS) is 8.45. The second kappa shape index (κ2) is 3.65. The van der Waals surface area contributed by atoms with Gasteiger partial charge in [-0.2, -0.15) is 0 Å². The Morgan fingerprint density at radius 3 is 2.55 bits per heavy atom. The van der Waals surface area contributed by atoms with Gasteiger partial charge in [-0.1, -0.05) is 24.3 Å². The first-order chi connectivity index (χ1) is 5.33. The summed E-state index contributed by atoms with van der Waals surface area (Å²) in [6, 6.07) is 8.14. The molecule has 0 aliphatic heterocycles. The predicted molar refractivity (Wildman–Crippen MR) is 48.5 cm³/mol. The molecule has 11 heavy (non-hydrogen) atoms. The van der Waals surface area contributed by atoms with E-state index in [9.17, 15) is 0 Å². The van der Waals surface area contributed by atoms with E-state index in [1.54, 1.807) is 6.20 Å². The third kappa shape index (κ3) is 2.32. The van der Waals surface area contributed by atoms with Gasteiger partial charge in [0, 0.05) is 11.9 Å². The molecule has 0 atom stereocenters. The lowest BCUT2D eigenvalue weighted by Gasteiger charge is -1.98. The average molecular weight is 145 g/mol. The van der Waals surface area contributed by atoms with Crippen LogP contribution in [0.3, 0.4) is 0 Å². The first kappa shape index (κ1) is 7.64. The second-order valence-electron chi connectivity index (χ2n) is 2.36. The zero-order valence-corrected chi connectivity index (χ0v) is 6.59. The van der Waals surface area contributed by atoms with E-state index in [2.05, 4.69) is 36.7 Å². The van der Waals surface area contributed by atoms with Crippen molar-refractivity contribution in [1.82, 2.24) is 0 Å². The molecule has 0 aliphatic carbocycles. The molecule has 0 saturated heterocycles. The van der Waals surface area contributed by atoms with E-state index >= 15 is 0 Å². The van der Waals surface area contributed by atoms with Crippen LogP contribution in [0.2, 0.25) is 0 Å². The minimum absolute atomic E-state index is 1.06. The number of nitrogens with one attached hydrogen (secondary N) is 1. The van der Waals surface area contributed by atoms with Crippen molar-refractivity contribution in [2.24, 2.45) is 0 Å². The Labute approximate surface area is 67.1 Å². The molecule has 0 aromatic heterocycles. The number of hydrogen-bond acceptors (Lipinski definition) is 1. The lowest BCUT2D eigenvalue weighted by molar-refractivity contribution is 1.46. The first-order valence-corrected chi connectivity index (χ1v) is 3.50. The third-order valence-electron chi connectivity index (χ3n) is 1.39. The van der Waals surface area contributed by atoms with Crippen molar-refractivity contribution in [3.63, 3.8) is 0 Å². The summed E-state index contributed by atoms with van der Waals surface area (Å²) in [5.41, 5.74) is 4.97. The van der Waals surface area contributed by atoms with Crippen LogP contribution in [0.1, 0.15) is 5.56 Å². The summed E-state index contributed by atoms with van der Waals surface area (Å²) in [7, 11) is 0. The van der Waals surface area contributed by atoms with Crippen LogP contribution in [0.25, 0.3) is 0 Å². The van der Waals surface area contributed by atoms with Gasteiger partial charge in [-0.25, -0.2) is 0 Å². The molecule has 1 aromatic rings. The van der Waals surface area contributed by atoms with Gasteiger partial charge in [0.05, 0.1) is 0 Å². The van der Waals surface area contributed by atoms with Crippen LogP contribution >= 0.6 is 0 Å². The SMILES string of the molecule is C=C=CNc1ccc(C)cc1. The van der Waals surface area contributed by atoms with Gasteiger partial charge in [-0.3, -0.25) is 0 Å². The lowest BCUT2D eigenvalue weighted by Crippen LogP contribution is -1.84. The highest BCUT2D eigenvalue weighted by atomic mass is 14.8.